The molecule has 2 amide bonds. The Labute approximate surface area is 190 Å². The fourth-order valence-electron chi connectivity index (χ4n) is 3.93. The smallest absolute Gasteiger partial charge is 0.367 e. The van der Waals surface area contributed by atoms with Crippen LogP contribution in [0.5, 0.6) is 0 Å². The molecular weight excluding hydrogens is 431 g/mol. The Morgan fingerprint density at radius 1 is 1.15 bits per heavy atom. The molecule has 0 saturated heterocycles. The number of pyridine rings is 1. The quantitative estimate of drug-likeness (QED) is 0.366. The van der Waals surface area contributed by atoms with Gasteiger partial charge in [-0.2, -0.15) is 13.2 Å². The van der Waals surface area contributed by atoms with Crippen molar-refractivity contribution in [3.8, 4) is 0 Å². The first-order valence-corrected chi connectivity index (χ1v) is 10.2. The Kier molecular flexibility index (Phi) is 4.59. The van der Waals surface area contributed by atoms with Gasteiger partial charge in [-0.25, -0.2) is 9.78 Å². The number of anilines is 3. The fourth-order valence-corrected chi connectivity index (χ4v) is 3.93. The van der Waals surface area contributed by atoms with Crippen LogP contribution in [0.2, 0.25) is 0 Å². The van der Waals surface area contributed by atoms with E-state index in [9.17, 15) is 18.0 Å². The number of alkyl halides is 3. The van der Waals surface area contributed by atoms with Gasteiger partial charge in [0, 0.05) is 53.4 Å². The van der Waals surface area contributed by atoms with E-state index in [1.54, 1.807) is 47.6 Å². The number of aromatic nitrogens is 2. The minimum absolute atomic E-state index is 0.0102. The van der Waals surface area contributed by atoms with Crippen LogP contribution in [-0.4, -0.2) is 22.5 Å². The average molecular weight is 453 g/mol. The molecule has 2 aromatic heterocycles. The summed E-state index contributed by atoms with van der Waals surface area (Å²) in [7, 11) is 0. The molecule has 0 bridgehead atoms. The summed E-state index contributed by atoms with van der Waals surface area (Å²) in [6, 6.07) is 12.3. The number of H-pyrrole nitrogens is 1. The summed E-state index contributed by atoms with van der Waals surface area (Å²) in [5.74, 6) is 0. The number of hydrogen-bond acceptors (Lipinski definition) is 3. The molecule has 0 unspecified atom stereocenters. The minimum atomic E-state index is -4.52. The van der Waals surface area contributed by atoms with Crippen molar-refractivity contribution < 1.29 is 20.7 Å². The number of carbonyl (C=O) groups excluding carboxylic acids is 1. The lowest BCUT2D eigenvalue weighted by atomic mass is 10.1. The van der Waals surface area contributed by atoms with Crippen molar-refractivity contribution in [1.82, 2.24) is 9.97 Å². The first kappa shape index (κ1) is 18.6. The van der Waals surface area contributed by atoms with E-state index < -0.39 is 24.3 Å². The number of rotatable bonds is 4. The molecule has 33 heavy (non-hydrogen) atoms. The zero-order valence-electron chi connectivity index (χ0n) is 19.2. The van der Waals surface area contributed by atoms with Gasteiger partial charge in [-0.1, -0.05) is 12.1 Å². The van der Waals surface area contributed by atoms with Gasteiger partial charge in [-0.05, 0) is 54.4 Å². The average Bonchev–Trinajstić information content (AvgIpc) is 3.46. The molecule has 0 spiro atoms. The predicted molar refractivity (Wildman–Crippen MR) is 121 cm³/mol. The number of benzene rings is 2. The third kappa shape index (κ3) is 4.21. The van der Waals surface area contributed by atoms with Gasteiger partial charge in [0.15, 0.2) is 0 Å². The van der Waals surface area contributed by atoms with Crippen LogP contribution in [0, 0.1) is 0 Å². The molecule has 0 radical (unpaired) electrons. The Morgan fingerprint density at radius 2 is 2.00 bits per heavy atom. The molecule has 0 saturated carbocycles. The van der Waals surface area contributed by atoms with Gasteiger partial charge < -0.3 is 20.5 Å². The largest absolute Gasteiger partial charge is 0.416 e. The number of nitrogens with zero attached hydrogens (tertiary/aromatic N) is 2. The van der Waals surface area contributed by atoms with E-state index in [1.165, 1.54) is 12.1 Å². The summed E-state index contributed by atoms with van der Waals surface area (Å²) in [4.78, 5) is 21.4. The normalized spacial score (nSPS) is 14.6. The fraction of sp³-hybridized carbons (Fsp3) is 0.167. The molecule has 6 nitrogen and oxygen atoms in total. The monoisotopic (exact) mass is 453 g/mol. The first-order chi connectivity index (χ1) is 16.6. The molecule has 2 aromatic carbocycles. The van der Waals surface area contributed by atoms with E-state index in [1.807, 2.05) is 0 Å². The number of carbonyl (C=O) groups is 1. The van der Waals surface area contributed by atoms with Gasteiger partial charge in [0.25, 0.3) is 0 Å². The van der Waals surface area contributed by atoms with E-state index in [0.29, 0.717) is 40.9 Å². The maximum atomic E-state index is 13.0. The van der Waals surface area contributed by atoms with E-state index in [0.717, 1.165) is 17.7 Å². The Balaban J connectivity index is 1.39. The van der Waals surface area contributed by atoms with Crippen LogP contribution in [0.25, 0.3) is 11.0 Å². The lowest BCUT2D eigenvalue weighted by Crippen LogP contribution is -2.21. The van der Waals surface area contributed by atoms with Gasteiger partial charge in [0.1, 0.15) is 5.65 Å². The second-order valence-corrected chi connectivity index (χ2v) is 7.57. The summed E-state index contributed by atoms with van der Waals surface area (Å²) in [5.41, 5.74) is 2.05. The molecular formula is C24H20F3N5O. The van der Waals surface area contributed by atoms with Gasteiger partial charge in [-0.15, -0.1) is 0 Å². The van der Waals surface area contributed by atoms with Crippen LogP contribution in [0.1, 0.15) is 19.4 Å². The highest BCUT2D eigenvalue weighted by Crippen LogP contribution is 2.35. The van der Waals surface area contributed by atoms with E-state index in [4.69, 9.17) is 2.74 Å². The number of halogens is 3. The number of aromatic amines is 1. The van der Waals surface area contributed by atoms with Gasteiger partial charge >= 0.3 is 12.2 Å². The Hall–Kier alpha value is -4.01. The maximum Gasteiger partial charge on any atom is 0.416 e. The van der Waals surface area contributed by atoms with Crippen molar-refractivity contribution in [2.45, 2.75) is 19.1 Å². The lowest BCUT2D eigenvalue weighted by molar-refractivity contribution is -0.137. The number of nitrogens with one attached hydrogen (secondary N) is 3. The van der Waals surface area contributed by atoms with Crippen LogP contribution >= 0.6 is 0 Å². The van der Waals surface area contributed by atoms with Crippen LogP contribution in [0.15, 0.2) is 67.0 Å². The van der Waals surface area contributed by atoms with Crippen molar-refractivity contribution in [2.75, 3.05) is 22.1 Å². The molecule has 0 atom stereocenters. The van der Waals surface area contributed by atoms with Crippen molar-refractivity contribution >= 4 is 34.1 Å². The van der Waals surface area contributed by atoms with Gasteiger partial charge in [-0.3, -0.25) is 0 Å². The number of fused-ring (bicyclic) bond motifs is 2. The summed E-state index contributed by atoms with van der Waals surface area (Å²) >= 11 is 0. The van der Waals surface area contributed by atoms with Gasteiger partial charge in [0.2, 0.25) is 0 Å². The standard InChI is InChI=1S/C24H20F3N5O/c25-24(26,27)16-3-1-4-17(13-16)30-23(33)31-20-5-2-6-21-19(20)9-12-32(21)14-15-7-10-28-22-18(15)8-11-29-22/h1-8,10-11,13H,9,12,14H2,(H,28,29)(H2,30,31,33)/i14D2. The summed E-state index contributed by atoms with van der Waals surface area (Å²) in [6.45, 7) is -1.47. The predicted octanol–water partition coefficient (Wildman–Crippen LogP) is 5.79. The first-order valence-electron chi connectivity index (χ1n) is 11.2. The van der Waals surface area contributed by atoms with E-state index in [-0.39, 0.29) is 5.69 Å². The summed E-state index contributed by atoms with van der Waals surface area (Å²) in [5, 5.41) is 5.80. The molecule has 168 valence electrons. The lowest BCUT2D eigenvalue weighted by Gasteiger charge is -2.20. The van der Waals surface area contributed by atoms with Crippen molar-refractivity contribution in [3.63, 3.8) is 0 Å². The SMILES string of the molecule is [2H]C([2H])(c1ccnc2[nH]ccc12)N1CCc2c(NC(=O)Nc3cccc(C(F)(F)F)c3)cccc21. The molecule has 5 rings (SSSR count). The third-order valence-electron chi connectivity index (χ3n) is 5.44. The number of amides is 2. The van der Waals surface area contributed by atoms with Crippen molar-refractivity contribution in [2.24, 2.45) is 0 Å². The van der Waals surface area contributed by atoms with Crippen molar-refractivity contribution in [1.29, 1.82) is 0 Å². The molecule has 0 aliphatic carbocycles. The maximum absolute atomic E-state index is 13.0. The molecule has 1 aliphatic rings. The molecule has 4 aromatic rings. The van der Waals surface area contributed by atoms with E-state index in [2.05, 4.69) is 20.6 Å². The Morgan fingerprint density at radius 3 is 2.85 bits per heavy atom. The minimum Gasteiger partial charge on any atom is -0.367 e. The number of urea groups is 1. The zero-order chi connectivity index (χ0) is 24.8. The van der Waals surface area contributed by atoms with Crippen LogP contribution in [-0.2, 0) is 19.1 Å². The molecule has 3 N–H and O–H groups in total. The van der Waals surface area contributed by atoms with Crippen LogP contribution < -0.4 is 15.5 Å². The van der Waals surface area contributed by atoms with Crippen LogP contribution in [0.3, 0.4) is 0 Å². The molecule has 0 fully saturated rings. The highest BCUT2D eigenvalue weighted by molar-refractivity contribution is 6.01. The second kappa shape index (κ2) is 8.16. The van der Waals surface area contributed by atoms with E-state index >= 15 is 0 Å². The highest BCUT2D eigenvalue weighted by atomic mass is 19.4. The Bertz CT molecular complexity index is 1420. The van der Waals surface area contributed by atoms with Crippen molar-refractivity contribution in [3.05, 3.63) is 83.7 Å². The zero-order valence-corrected chi connectivity index (χ0v) is 17.2. The summed E-state index contributed by atoms with van der Waals surface area (Å²) < 4.78 is 56.7. The molecule has 9 heteroatoms. The highest BCUT2D eigenvalue weighted by Gasteiger charge is 2.30. The topological polar surface area (TPSA) is 73.0 Å². The summed E-state index contributed by atoms with van der Waals surface area (Å²) in [6.07, 6.45) is -0.771. The number of hydrogen-bond donors (Lipinski definition) is 3. The van der Waals surface area contributed by atoms with Crippen LogP contribution in [0.4, 0.5) is 35.0 Å². The second-order valence-electron chi connectivity index (χ2n) is 7.57. The molecule has 1 aliphatic heterocycles. The molecule has 3 heterocycles. The third-order valence-corrected chi connectivity index (χ3v) is 5.44. The van der Waals surface area contributed by atoms with Gasteiger partial charge in [0.05, 0.1) is 8.30 Å².